The highest BCUT2D eigenvalue weighted by Crippen LogP contribution is 2.41. The Balaban J connectivity index is 0.000000298. The zero-order chi connectivity index (χ0) is 31.2. The van der Waals surface area contributed by atoms with Gasteiger partial charge < -0.3 is 24.4 Å². The lowest BCUT2D eigenvalue weighted by Gasteiger charge is -2.37. The van der Waals surface area contributed by atoms with E-state index in [0.29, 0.717) is 25.4 Å². The molecular formula is C32H49ClN2O6S2. The number of thiophene rings is 2. The number of rotatable bonds is 4. The number of hydrogen-bond donors (Lipinski definition) is 1. The molecule has 43 heavy (non-hydrogen) atoms. The Kier molecular flexibility index (Phi) is 13.6. The third kappa shape index (κ3) is 9.67. The average molecular weight is 657 g/mol. The number of halogens is 1. The summed E-state index contributed by atoms with van der Waals surface area (Å²) in [6, 6.07) is 8.73. The first-order valence-electron chi connectivity index (χ1n) is 14.6. The lowest BCUT2D eigenvalue weighted by Crippen LogP contribution is -2.42. The summed E-state index contributed by atoms with van der Waals surface area (Å²) in [5.41, 5.74) is 0.259. The van der Waals surface area contributed by atoms with Crippen molar-refractivity contribution in [3.63, 3.8) is 0 Å². The number of methoxy groups -OCH3 is 3. The van der Waals surface area contributed by atoms with Gasteiger partial charge in [0.25, 0.3) is 0 Å². The molecule has 11 heteroatoms. The summed E-state index contributed by atoms with van der Waals surface area (Å²) in [7, 11) is 4.27. The molecule has 0 saturated carbocycles. The molecule has 4 atom stereocenters. The predicted molar refractivity (Wildman–Crippen MR) is 175 cm³/mol. The summed E-state index contributed by atoms with van der Waals surface area (Å²) in [5, 5.41) is 3.51. The molecule has 0 aliphatic carbocycles. The zero-order valence-corrected chi connectivity index (χ0v) is 29.4. The molecule has 4 unspecified atom stereocenters. The number of esters is 2. The fourth-order valence-corrected chi connectivity index (χ4v) is 7.69. The summed E-state index contributed by atoms with van der Waals surface area (Å²) in [6.07, 6.45) is 2.56. The third-order valence-corrected chi connectivity index (χ3v) is 11.1. The number of nitrogens with zero attached hydrogens (tertiary/aromatic N) is 1. The van der Waals surface area contributed by atoms with Crippen LogP contribution in [-0.2, 0) is 34.6 Å². The van der Waals surface area contributed by atoms with Crippen LogP contribution in [0, 0.1) is 11.8 Å². The van der Waals surface area contributed by atoms with E-state index in [2.05, 4.69) is 71.1 Å². The Hall–Kier alpha value is -2.14. The van der Waals surface area contributed by atoms with Gasteiger partial charge in [0.05, 0.1) is 39.2 Å². The van der Waals surface area contributed by atoms with Gasteiger partial charge in [0.15, 0.2) is 0 Å². The highest BCUT2D eigenvalue weighted by molar-refractivity contribution is 7.12. The third-order valence-electron chi connectivity index (χ3n) is 7.89. The van der Waals surface area contributed by atoms with Gasteiger partial charge >= 0.3 is 18.0 Å². The zero-order valence-electron chi connectivity index (χ0n) is 27.0. The smallest absolute Gasteiger partial charge is 0.410 e. The standard InChI is InChI=1S/C17H25NO4S.C15H23NO2S.ClH/c1-17(2,3)14-7-6-13(23-14)12-10-11(15(19)21-4)8-9-18(12)16(20)22-5;1-15(2,3)13-6-5-12(19-13)11-9-10(7-8-16-11)14(17)18-4;/h6-7,11-12H,8-10H2,1-5H3;5-6,10-11,16H,7-9H2,1-4H3;1H. The highest BCUT2D eigenvalue weighted by atomic mass is 35.5. The van der Waals surface area contributed by atoms with Gasteiger partial charge in [-0.05, 0) is 67.3 Å². The fourth-order valence-electron chi connectivity index (χ4n) is 5.34. The van der Waals surface area contributed by atoms with E-state index >= 15 is 0 Å². The molecule has 1 amide bonds. The molecule has 8 nitrogen and oxygen atoms in total. The molecule has 0 radical (unpaired) electrons. The Labute approximate surface area is 271 Å². The normalized spacial score (nSPS) is 22.4. The molecule has 2 aromatic heterocycles. The first-order chi connectivity index (χ1) is 19.7. The van der Waals surface area contributed by atoms with Gasteiger partial charge in [-0.15, -0.1) is 35.1 Å². The van der Waals surface area contributed by atoms with Crippen LogP contribution in [0.25, 0.3) is 0 Å². The molecule has 0 spiro atoms. The van der Waals surface area contributed by atoms with Gasteiger partial charge in [-0.25, -0.2) is 4.79 Å². The largest absolute Gasteiger partial charge is 0.469 e. The Bertz CT molecular complexity index is 1220. The van der Waals surface area contributed by atoms with Crippen molar-refractivity contribution >= 4 is 53.1 Å². The lowest BCUT2D eigenvalue weighted by atomic mass is 9.90. The van der Waals surface area contributed by atoms with E-state index in [1.54, 1.807) is 16.2 Å². The molecule has 2 aromatic rings. The van der Waals surface area contributed by atoms with E-state index in [4.69, 9.17) is 14.2 Å². The number of ether oxygens (including phenoxy) is 3. The molecule has 4 heterocycles. The van der Waals surface area contributed by atoms with Crippen molar-refractivity contribution < 1.29 is 28.6 Å². The molecule has 4 rings (SSSR count). The first-order valence-corrected chi connectivity index (χ1v) is 16.3. The minimum absolute atomic E-state index is 0. The van der Waals surface area contributed by atoms with E-state index in [9.17, 15) is 14.4 Å². The number of carbonyl (C=O) groups is 3. The SMILES string of the molecule is COC(=O)C1CCN(C(=O)OC)C(c2ccc(C(C)(C)C)s2)C1.COC(=O)C1CCNC(c2ccc(C(C)(C)C)s2)C1.Cl. The second kappa shape index (κ2) is 15.7. The second-order valence-corrected chi connectivity index (χ2v) is 15.3. The summed E-state index contributed by atoms with van der Waals surface area (Å²) in [4.78, 5) is 42.5. The molecule has 2 saturated heterocycles. The maximum Gasteiger partial charge on any atom is 0.410 e. The molecule has 2 aliphatic rings. The second-order valence-electron chi connectivity index (χ2n) is 13.1. The van der Waals surface area contributed by atoms with Gasteiger partial charge in [-0.2, -0.15) is 0 Å². The van der Waals surface area contributed by atoms with Crippen molar-refractivity contribution in [2.24, 2.45) is 11.8 Å². The first kappa shape index (κ1) is 37.0. The van der Waals surface area contributed by atoms with Crippen molar-refractivity contribution in [1.82, 2.24) is 10.2 Å². The number of amides is 1. The van der Waals surface area contributed by atoms with Gasteiger partial charge in [-0.3, -0.25) is 9.59 Å². The van der Waals surface area contributed by atoms with Crippen LogP contribution < -0.4 is 5.32 Å². The number of carbonyl (C=O) groups excluding carboxylic acids is 3. The minimum atomic E-state index is -0.343. The maximum atomic E-state index is 12.1. The number of likely N-dealkylation sites (tertiary alicyclic amines) is 1. The molecule has 0 bridgehead atoms. The lowest BCUT2D eigenvalue weighted by molar-refractivity contribution is -0.148. The molecule has 242 valence electrons. The summed E-state index contributed by atoms with van der Waals surface area (Å²) in [6.45, 7) is 14.6. The van der Waals surface area contributed by atoms with E-state index < -0.39 is 0 Å². The van der Waals surface area contributed by atoms with Crippen molar-refractivity contribution in [2.75, 3.05) is 34.4 Å². The van der Waals surface area contributed by atoms with Crippen molar-refractivity contribution in [1.29, 1.82) is 0 Å². The van der Waals surface area contributed by atoms with Gasteiger partial charge in [0, 0.05) is 32.1 Å². The van der Waals surface area contributed by atoms with Crippen LogP contribution in [0.1, 0.15) is 98.8 Å². The topological polar surface area (TPSA) is 94.2 Å². The van der Waals surface area contributed by atoms with Crippen LogP contribution in [0.2, 0.25) is 0 Å². The molecule has 0 aromatic carbocycles. The Morgan fingerprint density at radius 3 is 1.77 bits per heavy atom. The van der Waals surface area contributed by atoms with E-state index in [-0.39, 0.29) is 59.1 Å². The van der Waals surface area contributed by atoms with Crippen LogP contribution in [0.5, 0.6) is 0 Å². The van der Waals surface area contributed by atoms with Gasteiger partial charge in [-0.1, -0.05) is 41.5 Å². The van der Waals surface area contributed by atoms with Crippen molar-refractivity contribution in [3.8, 4) is 0 Å². The molecule has 2 aliphatic heterocycles. The van der Waals surface area contributed by atoms with E-state index in [0.717, 1.165) is 24.3 Å². The highest BCUT2D eigenvalue weighted by Gasteiger charge is 2.38. The quantitative estimate of drug-likeness (QED) is 0.270. The molecular weight excluding hydrogens is 608 g/mol. The van der Waals surface area contributed by atoms with Crippen molar-refractivity contribution in [2.45, 2.75) is 90.1 Å². The Morgan fingerprint density at radius 2 is 1.28 bits per heavy atom. The Morgan fingerprint density at radius 1 is 0.767 bits per heavy atom. The molecule has 1 N–H and O–H groups in total. The number of nitrogens with one attached hydrogen (secondary N) is 1. The maximum absolute atomic E-state index is 12.1. The van der Waals surface area contributed by atoms with E-state index in [1.807, 2.05) is 11.3 Å². The minimum Gasteiger partial charge on any atom is -0.469 e. The number of hydrogen-bond acceptors (Lipinski definition) is 9. The van der Waals surface area contributed by atoms with Crippen LogP contribution in [0.4, 0.5) is 4.79 Å². The van der Waals surface area contributed by atoms with E-state index in [1.165, 1.54) is 36.0 Å². The fraction of sp³-hybridized carbons (Fsp3) is 0.656. The monoisotopic (exact) mass is 656 g/mol. The van der Waals surface area contributed by atoms with Crippen molar-refractivity contribution in [3.05, 3.63) is 43.8 Å². The van der Waals surface area contributed by atoms with Crippen LogP contribution >= 0.6 is 35.1 Å². The van der Waals surface area contributed by atoms with Crippen LogP contribution in [0.3, 0.4) is 0 Å². The summed E-state index contributed by atoms with van der Waals surface area (Å²) in [5.74, 6) is -0.409. The average Bonchev–Trinajstić information content (AvgIpc) is 3.67. The van der Waals surface area contributed by atoms with Gasteiger partial charge in [0.1, 0.15) is 0 Å². The molecule has 2 fully saturated rings. The number of piperidine rings is 2. The van der Waals surface area contributed by atoms with Crippen LogP contribution in [-0.4, -0.2) is 57.4 Å². The van der Waals surface area contributed by atoms with Crippen LogP contribution in [0.15, 0.2) is 24.3 Å². The summed E-state index contributed by atoms with van der Waals surface area (Å²) >= 11 is 3.55. The summed E-state index contributed by atoms with van der Waals surface area (Å²) < 4.78 is 14.7. The van der Waals surface area contributed by atoms with Gasteiger partial charge in [0.2, 0.25) is 0 Å². The predicted octanol–water partition coefficient (Wildman–Crippen LogP) is 7.42.